The van der Waals surface area contributed by atoms with Crippen molar-refractivity contribution in [3.05, 3.63) is 18.7 Å². The molecule has 1 aromatic rings. The van der Waals surface area contributed by atoms with Gasteiger partial charge in [0.25, 0.3) is 0 Å². The number of aromatic nitrogens is 2. The Balaban J connectivity index is 0.00000137. The zero-order valence-corrected chi connectivity index (χ0v) is 16.6. The summed E-state index contributed by atoms with van der Waals surface area (Å²) in [5, 5.41) is 0. The molecule has 8 aliphatic carbocycles. The zero-order chi connectivity index (χ0) is 16.2. The second-order valence-corrected chi connectivity index (χ2v) is 11.5. The Morgan fingerprint density at radius 2 is 1.08 bits per heavy atom. The molecule has 1 heterocycles. The van der Waals surface area contributed by atoms with Gasteiger partial charge in [-0.15, -0.1) is 0 Å². The van der Waals surface area contributed by atoms with E-state index in [2.05, 4.69) is 27.9 Å². The van der Waals surface area contributed by atoms with Crippen molar-refractivity contribution in [1.82, 2.24) is 4.57 Å². The Morgan fingerprint density at radius 1 is 0.654 bits per heavy atom. The van der Waals surface area contributed by atoms with Gasteiger partial charge in [0.05, 0.1) is 0 Å². The molecule has 2 nitrogen and oxygen atoms in total. The van der Waals surface area contributed by atoms with Gasteiger partial charge >= 0.3 is 18.9 Å². The average Bonchev–Trinajstić information content (AvgIpc) is 3.04. The van der Waals surface area contributed by atoms with Gasteiger partial charge in [-0.3, -0.25) is 0 Å². The molecule has 1 aromatic heterocycles. The molecular weight excluding hydrogens is 311 g/mol. The number of rotatable bonds is 2. The van der Waals surface area contributed by atoms with Crippen LogP contribution in [0.5, 0.6) is 0 Å². The standard InChI is InChI=1S/C23H33N2.Li/c1-2-25(23-12-19-6-20(13-23)8-21(7-19)14-23)15-24(1)22-9-16-3-17(10-22)5-18(4-16)11-22;/h1-2,15-21H,3-14H2;/q2*+1. The minimum Gasteiger partial charge on any atom is -0.231 e. The van der Waals surface area contributed by atoms with E-state index in [1.807, 2.05) is 0 Å². The molecule has 8 aliphatic rings. The van der Waals surface area contributed by atoms with Crippen LogP contribution in [0.25, 0.3) is 0 Å². The third-order valence-corrected chi connectivity index (χ3v) is 9.74. The van der Waals surface area contributed by atoms with Crippen LogP contribution in [0.3, 0.4) is 0 Å². The summed E-state index contributed by atoms with van der Waals surface area (Å²) in [4.78, 5) is 0. The Labute approximate surface area is 170 Å². The molecule has 9 rings (SSSR count). The predicted octanol–water partition coefficient (Wildman–Crippen LogP) is 1.63. The largest absolute Gasteiger partial charge is 1.00 e. The summed E-state index contributed by atoms with van der Waals surface area (Å²) in [5.74, 6) is 6.26. The average molecular weight is 344 g/mol. The van der Waals surface area contributed by atoms with E-state index in [-0.39, 0.29) is 18.9 Å². The summed E-state index contributed by atoms with van der Waals surface area (Å²) in [5.41, 5.74) is 1.00. The van der Waals surface area contributed by atoms with Crippen LogP contribution in [0.15, 0.2) is 18.7 Å². The molecule has 0 aromatic carbocycles. The molecule has 8 fully saturated rings. The SMILES string of the molecule is [Li+].c1c[n+](C23CC4CC(CC(C4)C2)C3)cn1C12CC3CC(CC(C3)C1)C2. The van der Waals surface area contributed by atoms with Crippen LogP contribution >= 0.6 is 0 Å². The Hall–Kier alpha value is -0.193. The fraction of sp³-hybridized carbons (Fsp3) is 0.870. The van der Waals surface area contributed by atoms with Gasteiger partial charge in [0.15, 0.2) is 0 Å². The number of hydrogen-bond acceptors (Lipinski definition) is 0. The van der Waals surface area contributed by atoms with Crippen LogP contribution in [0.1, 0.15) is 77.0 Å². The van der Waals surface area contributed by atoms with Crippen molar-refractivity contribution in [2.45, 2.75) is 88.1 Å². The molecule has 0 aliphatic heterocycles. The molecular formula is C23H33LiN2+2. The zero-order valence-electron chi connectivity index (χ0n) is 16.6. The van der Waals surface area contributed by atoms with E-state index >= 15 is 0 Å². The normalized spacial score (nSPS) is 53.1. The number of nitrogens with zero attached hydrogens (tertiary/aromatic N) is 2. The third-order valence-electron chi connectivity index (χ3n) is 9.74. The molecule has 0 saturated heterocycles. The van der Waals surface area contributed by atoms with E-state index in [1.165, 1.54) is 38.5 Å². The van der Waals surface area contributed by atoms with E-state index in [9.17, 15) is 0 Å². The fourth-order valence-electron chi connectivity index (χ4n) is 9.68. The molecule has 26 heavy (non-hydrogen) atoms. The van der Waals surface area contributed by atoms with Crippen LogP contribution in [0, 0.1) is 35.5 Å². The molecule has 0 unspecified atom stereocenters. The smallest absolute Gasteiger partial charge is 0.231 e. The monoisotopic (exact) mass is 344 g/mol. The first-order valence-corrected chi connectivity index (χ1v) is 11.3. The predicted molar refractivity (Wildman–Crippen MR) is 96.9 cm³/mol. The van der Waals surface area contributed by atoms with Crippen molar-refractivity contribution >= 4 is 0 Å². The van der Waals surface area contributed by atoms with Gasteiger partial charge < -0.3 is 0 Å². The first-order valence-electron chi connectivity index (χ1n) is 11.3. The second kappa shape index (κ2) is 5.45. The van der Waals surface area contributed by atoms with Crippen LogP contribution in [-0.4, -0.2) is 4.57 Å². The summed E-state index contributed by atoms with van der Waals surface area (Å²) < 4.78 is 5.46. The van der Waals surface area contributed by atoms with Gasteiger partial charge in [0.1, 0.15) is 23.5 Å². The van der Waals surface area contributed by atoms with Crippen molar-refractivity contribution in [2.24, 2.45) is 35.5 Å². The van der Waals surface area contributed by atoms with Gasteiger partial charge in [-0.2, -0.15) is 0 Å². The Morgan fingerprint density at radius 3 is 1.54 bits per heavy atom. The summed E-state index contributed by atoms with van der Waals surface area (Å²) >= 11 is 0. The molecule has 134 valence electrons. The fourth-order valence-corrected chi connectivity index (χ4v) is 9.68. The van der Waals surface area contributed by atoms with E-state index in [4.69, 9.17) is 0 Å². The molecule has 0 atom stereocenters. The summed E-state index contributed by atoms with van der Waals surface area (Å²) in [6.45, 7) is 0. The van der Waals surface area contributed by atoms with Gasteiger partial charge in [-0.25, -0.2) is 9.13 Å². The summed E-state index contributed by atoms with van der Waals surface area (Å²) in [6.07, 6.45) is 25.8. The van der Waals surface area contributed by atoms with Crippen LogP contribution < -0.4 is 23.4 Å². The van der Waals surface area contributed by atoms with Crippen molar-refractivity contribution in [3.8, 4) is 0 Å². The molecule has 0 spiro atoms. The molecule has 8 bridgehead atoms. The first kappa shape index (κ1) is 16.7. The number of imidazole rings is 1. The second-order valence-electron chi connectivity index (χ2n) is 11.5. The van der Waals surface area contributed by atoms with E-state index in [1.54, 1.807) is 38.5 Å². The maximum Gasteiger partial charge on any atom is 1.00 e. The van der Waals surface area contributed by atoms with Gasteiger partial charge in [-0.1, -0.05) is 0 Å². The van der Waals surface area contributed by atoms with Crippen molar-refractivity contribution in [3.63, 3.8) is 0 Å². The molecule has 0 N–H and O–H groups in total. The van der Waals surface area contributed by atoms with Crippen molar-refractivity contribution < 1.29 is 23.4 Å². The van der Waals surface area contributed by atoms with E-state index in [0.29, 0.717) is 11.1 Å². The Kier molecular flexibility index (Phi) is 3.51. The van der Waals surface area contributed by atoms with Crippen LogP contribution in [-0.2, 0) is 11.1 Å². The van der Waals surface area contributed by atoms with Crippen LogP contribution in [0.4, 0.5) is 0 Å². The number of hydrogen-bond donors (Lipinski definition) is 0. The minimum atomic E-state index is 0. The van der Waals surface area contributed by atoms with Gasteiger partial charge in [0, 0.05) is 0 Å². The molecule has 0 amide bonds. The van der Waals surface area contributed by atoms with Crippen molar-refractivity contribution in [1.29, 1.82) is 0 Å². The quantitative estimate of drug-likeness (QED) is 0.570. The first-order chi connectivity index (χ1) is 12.2. The van der Waals surface area contributed by atoms with Gasteiger partial charge in [-0.05, 0) is 113 Å². The Bertz CT molecular complexity index is 590. The third kappa shape index (κ3) is 2.21. The van der Waals surface area contributed by atoms with Crippen LogP contribution in [0.2, 0.25) is 0 Å². The topological polar surface area (TPSA) is 8.81 Å². The van der Waals surface area contributed by atoms with E-state index < -0.39 is 0 Å². The summed E-state index contributed by atoms with van der Waals surface area (Å²) in [7, 11) is 0. The van der Waals surface area contributed by atoms with Gasteiger partial charge in [0.2, 0.25) is 6.33 Å². The molecule has 8 saturated carbocycles. The minimum absolute atomic E-state index is 0. The maximum absolute atomic E-state index is 2.73. The molecule has 0 radical (unpaired) electrons. The van der Waals surface area contributed by atoms with Crippen molar-refractivity contribution in [2.75, 3.05) is 0 Å². The van der Waals surface area contributed by atoms with E-state index in [0.717, 1.165) is 35.5 Å². The summed E-state index contributed by atoms with van der Waals surface area (Å²) in [6, 6.07) is 0. The maximum atomic E-state index is 2.73. The molecule has 3 heteroatoms.